The molecule has 0 spiro atoms. The molecule has 0 radical (unpaired) electrons. The Morgan fingerprint density at radius 1 is 1.12 bits per heavy atom. The summed E-state index contributed by atoms with van der Waals surface area (Å²) in [5, 5.41) is 7.66. The van der Waals surface area contributed by atoms with Crippen LogP contribution in [-0.2, 0) is 17.9 Å². The van der Waals surface area contributed by atoms with Gasteiger partial charge in [0.05, 0.1) is 51.8 Å². The molecule has 1 atom stereocenters. The highest BCUT2D eigenvalue weighted by Gasteiger charge is 2.15. The minimum atomic E-state index is -0.342. The Kier molecular flexibility index (Phi) is 6.74. The van der Waals surface area contributed by atoms with Crippen LogP contribution in [0, 0.1) is 26.7 Å². The summed E-state index contributed by atoms with van der Waals surface area (Å²) < 4.78 is 1.49. The van der Waals surface area contributed by atoms with Crippen molar-refractivity contribution in [3.8, 4) is 11.1 Å². The molecule has 4 aromatic rings. The fraction of sp³-hybridized carbons (Fsp3) is 0.320. The second-order valence-corrected chi connectivity index (χ2v) is 9.69. The summed E-state index contributed by atoms with van der Waals surface area (Å²) in [4.78, 5) is 39.7. The normalized spacial score (nSPS) is 12.0. The van der Waals surface area contributed by atoms with Gasteiger partial charge in [0, 0.05) is 30.2 Å². The van der Waals surface area contributed by atoms with Crippen LogP contribution in [0.1, 0.15) is 28.2 Å². The Morgan fingerprint density at radius 3 is 2.62 bits per heavy atom. The minimum Gasteiger partial charge on any atom is -0.379 e. The molecule has 0 unspecified atom stereocenters. The molecule has 4 rings (SSSR count). The summed E-state index contributed by atoms with van der Waals surface area (Å²) in [6, 6.07) is 7.68. The van der Waals surface area contributed by atoms with Crippen molar-refractivity contribution in [3.63, 3.8) is 0 Å². The molecule has 8 nitrogen and oxygen atoms in total. The molecule has 0 aliphatic rings. The summed E-state index contributed by atoms with van der Waals surface area (Å²) in [7, 11) is 1.59. The Labute approximate surface area is 202 Å². The van der Waals surface area contributed by atoms with Gasteiger partial charge in [-0.25, -0.2) is 9.97 Å². The van der Waals surface area contributed by atoms with Crippen LogP contribution in [-0.4, -0.2) is 32.5 Å². The van der Waals surface area contributed by atoms with Gasteiger partial charge in [-0.2, -0.15) is 0 Å². The van der Waals surface area contributed by atoms with Gasteiger partial charge in [0.15, 0.2) is 0 Å². The first kappa shape index (κ1) is 23.6. The van der Waals surface area contributed by atoms with Crippen molar-refractivity contribution < 1.29 is 4.79 Å². The first-order valence-electron chi connectivity index (χ1n) is 11.1. The van der Waals surface area contributed by atoms with E-state index in [1.165, 1.54) is 15.8 Å². The lowest BCUT2D eigenvalue weighted by molar-refractivity contribution is -0.124. The number of carbonyl (C=O) groups is 1. The van der Waals surface area contributed by atoms with Crippen LogP contribution in [0.2, 0.25) is 0 Å². The van der Waals surface area contributed by atoms with E-state index in [-0.39, 0.29) is 23.9 Å². The molecule has 0 saturated carbocycles. The Balaban J connectivity index is 1.64. The number of fused-ring (bicyclic) bond motifs is 1. The van der Waals surface area contributed by atoms with E-state index >= 15 is 0 Å². The molecule has 9 heteroatoms. The van der Waals surface area contributed by atoms with Crippen LogP contribution >= 0.6 is 11.3 Å². The van der Waals surface area contributed by atoms with E-state index in [1.54, 1.807) is 25.3 Å². The summed E-state index contributed by atoms with van der Waals surface area (Å²) in [6.07, 6.45) is 3.31. The number of aryl methyl sites for hydroxylation is 3. The van der Waals surface area contributed by atoms with Crippen LogP contribution in [0.4, 0.5) is 5.69 Å². The molecule has 1 aromatic carbocycles. The highest BCUT2D eigenvalue weighted by Crippen LogP contribution is 2.27. The predicted octanol–water partition coefficient (Wildman–Crippen LogP) is 3.83. The van der Waals surface area contributed by atoms with Crippen LogP contribution in [0.15, 0.2) is 41.6 Å². The quantitative estimate of drug-likeness (QED) is 0.420. The fourth-order valence-corrected chi connectivity index (χ4v) is 4.75. The molecule has 2 N–H and O–H groups in total. The zero-order valence-electron chi connectivity index (χ0n) is 20.0. The maximum absolute atomic E-state index is 13.1. The molecule has 176 valence electrons. The Bertz CT molecular complexity index is 1420. The zero-order valence-corrected chi connectivity index (χ0v) is 20.8. The fourth-order valence-electron chi connectivity index (χ4n) is 3.88. The average Bonchev–Trinajstić information content (AvgIpc) is 3.16. The third-order valence-electron chi connectivity index (χ3n) is 5.85. The summed E-state index contributed by atoms with van der Waals surface area (Å²) in [5.74, 6) is -0.457. The highest BCUT2D eigenvalue weighted by molar-refractivity contribution is 7.11. The smallest absolute Gasteiger partial charge is 0.261 e. The van der Waals surface area contributed by atoms with Crippen LogP contribution in [0.25, 0.3) is 22.0 Å². The maximum atomic E-state index is 13.1. The van der Waals surface area contributed by atoms with Crippen molar-refractivity contribution in [2.75, 3.05) is 12.4 Å². The number of thiazole rings is 1. The topological polar surface area (TPSA) is 102 Å². The third kappa shape index (κ3) is 4.84. The largest absolute Gasteiger partial charge is 0.379 e. The number of rotatable bonds is 7. The van der Waals surface area contributed by atoms with Gasteiger partial charge < -0.3 is 10.6 Å². The van der Waals surface area contributed by atoms with Gasteiger partial charge in [-0.3, -0.25) is 19.1 Å². The Morgan fingerprint density at radius 2 is 1.91 bits per heavy atom. The number of carbonyl (C=O) groups excluding carboxylic acids is 1. The lowest BCUT2D eigenvalue weighted by atomic mass is 10.0. The number of pyridine rings is 1. The number of hydrogen-bond acceptors (Lipinski definition) is 7. The van der Waals surface area contributed by atoms with E-state index in [2.05, 4.69) is 31.7 Å². The number of nitrogens with zero attached hydrogens (tertiary/aromatic N) is 4. The lowest BCUT2D eigenvalue weighted by Crippen LogP contribution is -2.32. The molecule has 1 amide bonds. The molecule has 3 aromatic heterocycles. The first-order chi connectivity index (χ1) is 16.3. The molecule has 0 fully saturated rings. The van der Waals surface area contributed by atoms with Gasteiger partial charge in [-0.15, -0.1) is 11.3 Å². The number of anilines is 1. The van der Waals surface area contributed by atoms with E-state index in [9.17, 15) is 9.59 Å². The Hall–Kier alpha value is -3.59. The number of hydrogen-bond donors (Lipinski definition) is 2. The van der Waals surface area contributed by atoms with E-state index in [0.29, 0.717) is 17.4 Å². The molecule has 0 aliphatic heterocycles. The van der Waals surface area contributed by atoms with Crippen molar-refractivity contribution in [2.24, 2.45) is 5.92 Å². The molecule has 0 saturated heterocycles. The van der Waals surface area contributed by atoms with E-state index < -0.39 is 0 Å². The summed E-state index contributed by atoms with van der Waals surface area (Å²) in [5.41, 5.74) is 5.11. The molecule has 0 bridgehead atoms. The van der Waals surface area contributed by atoms with Crippen molar-refractivity contribution in [2.45, 2.75) is 40.8 Å². The minimum absolute atomic E-state index is 0.116. The third-order valence-corrected chi connectivity index (χ3v) is 6.92. The number of benzene rings is 1. The van der Waals surface area contributed by atoms with Crippen molar-refractivity contribution in [1.82, 2.24) is 24.8 Å². The number of amides is 1. The first-order valence-corrected chi connectivity index (χ1v) is 11.9. The highest BCUT2D eigenvalue weighted by atomic mass is 32.1. The second-order valence-electron chi connectivity index (χ2n) is 8.40. The van der Waals surface area contributed by atoms with E-state index in [0.717, 1.165) is 33.2 Å². The van der Waals surface area contributed by atoms with Gasteiger partial charge in [0.25, 0.3) is 5.56 Å². The van der Waals surface area contributed by atoms with Crippen molar-refractivity contribution >= 4 is 33.8 Å². The summed E-state index contributed by atoms with van der Waals surface area (Å²) >= 11 is 1.69. The zero-order chi connectivity index (χ0) is 24.4. The van der Waals surface area contributed by atoms with Gasteiger partial charge in [0.1, 0.15) is 0 Å². The standard InChI is InChI=1S/C25H28N6O2S/c1-14(24(32)26-5)12-31-13-29-21-7-6-18(8-20(21)25(31)33)19-9-22(15(2)27-10-19)28-11-23-16(3)30-17(4)34-23/h6-10,13-14,28H,11-12H2,1-5H3,(H,26,32)/t14-/m0/s1. The molecular formula is C25H28N6O2S. The van der Waals surface area contributed by atoms with Crippen LogP contribution in [0.5, 0.6) is 0 Å². The van der Waals surface area contributed by atoms with Crippen LogP contribution in [0.3, 0.4) is 0 Å². The second kappa shape index (κ2) is 9.72. The average molecular weight is 477 g/mol. The predicted molar refractivity (Wildman–Crippen MR) is 136 cm³/mol. The molecule has 34 heavy (non-hydrogen) atoms. The molecule has 0 aliphatic carbocycles. The SMILES string of the molecule is CNC(=O)[C@@H](C)Cn1cnc2ccc(-c3cnc(C)c(NCc4sc(C)nc4C)c3)cc2c1=O. The van der Waals surface area contributed by atoms with Gasteiger partial charge >= 0.3 is 0 Å². The van der Waals surface area contributed by atoms with Crippen molar-refractivity contribution in [3.05, 3.63) is 68.4 Å². The maximum Gasteiger partial charge on any atom is 0.261 e. The molecule has 3 heterocycles. The van der Waals surface area contributed by atoms with E-state index in [4.69, 9.17) is 0 Å². The van der Waals surface area contributed by atoms with Crippen molar-refractivity contribution in [1.29, 1.82) is 0 Å². The monoisotopic (exact) mass is 476 g/mol. The van der Waals surface area contributed by atoms with Gasteiger partial charge in [-0.1, -0.05) is 13.0 Å². The van der Waals surface area contributed by atoms with E-state index in [1.807, 2.05) is 45.2 Å². The lowest BCUT2D eigenvalue weighted by Gasteiger charge is -2.13. The van der Waals surface area contributed by atoms with Gasteiger partial charge in [-0.05, 0) is 44.5 Å². The van der Waals surface area contributed by atoms with Gasteiger partial charge in [0.2, 0.25) is 5.91 Å². The summed E-state index contributed by atoms with van der Waals surface area (Å²) in [6.45, 7) is 8.73. The molecular weight excluding hydrogens is 448 g/mol. The number of nitrogens with one attached hydrogen (secondary N) is 2. The van der Waals surface area contributed by atoms with Crippen LogP contribution < -0.4 is 16.2 Å². The number of aromatic nitrogens is 4.